The lowest BCUT2D eigenvalue weighted by molar-refractivity contribution is -0.136. The number of carbonyl (C=O) groups excluding carboxylic acids is 3. The van der Waals surface area contributed by atoms with Crippen molar-refractivity contribution in [1.82, 2.24) is 25.1 Å². The topological polar surface area (TPSA) is 183 Å². The number of amides is 3. The number of carbonyl (C=O) groups is 3. The van der Waals surface area contributed by atoms with Crippen LogP contribution >= 0.6 is 11.3 Å². The van der Waals surface area contributed by atoms with E-state index in [9.17, 15) is 28.1 Å². The van der Waals surface area contributed by atoms with Crippen LogP contribution in [0.4, 0.5) is 5.13 Å². The molecule has 3 fully saturated rings. The maximum Gasteiger partial charge on any atom is 0.293 e. The number of piperidine rings is 1. The normalized spacial score (nSPS) is 28.5. The van der Waals surface area contributed by atoms with Crippen LogP contribution in [-0.2, 0) is 29.1 Å². The molecule has 0 aromatic carbocycles. The van der Waals surface area contributed by atoms with Crippen molar-refractivity contribution in [2.75, 3.05) is 18.5 Å². The molecule has 5 atom stereocenters. The molecule has 13 nitrogen and oxygen atoms in total. The van der Waals surface area contributed by atoms with E-state index in [1.165, 1.54) is 6.92 Å². The zero-order valence-corrected chi connectivity index (χ0v) is 19.3. The Balaban J connectivity index is 1.26. The fraction of sp³-hybridized carbons (Fsp3) is 0.667. The molecule has 0 unspecified atom stereocenters. The van der Waals surface area contributed by atoms with Gasteiger partial charge in [0.05, 0.1) is 18.2 Å². The lowest BCUT2D eigenvalue weighted by Crippen LogP contribution is -2.54. The average molecular weight is 498 g/mol. The highest BCUT2D eigenvalue weighted by molar-refractivity contribution is 7.92. The van der Waals surface area contributed by atoms with Crippen LogP contribution in [0, 0.1) is 17.2 Å². The number of hydrogen-bond donors (Lipinski definition) is 3. The Morgan fingerprint density at radius 2 is 2.12 bits per heavy atom. The van der Waals surface area contributed by atoms with E-state index >= 15 is 0 Å². The van der Waals surface area contributed by atoms with E-state index in [-0.39, 0.29) is 41.2 Å². The number of aromatic nitrogens is 2. The Kier molecular flexibility index (Phi) is 6.61. The van der Waals surface area contributed by atoms with Crippen LogP contribution in [0.3, 0.4) is 0 Å². The number of ether oxygens (including phenoxy) is 1. The highest BCUT2D eigenvalue weighted by Crippen LogP contribution is 2.38. The quantitative estimate of drug-likeness (QED) is 0.393. The van der Waals surface area contributed by atoms with Gasteiger partial charge in [-0.3, -0.25) is 14.4 Å². The Morgan fingerprint density at radius 1 is 1.33 bits per heavy atom. The summed E-state index contributed by atoms with van der Waals surface area (Å²) in [6.07, 6.45) is 2.46. The minimum atomic E-state index is -4.25. The number of hydrogen-bond acceptors (Lipinski definition) is 11. The number of likely N-dealkylation sites (tertiary alicyclic amines) is 1. The van der Waals surface area contributed by atoms with E-state index in [0.29, 0.717) is 37.1 Å². The molecule has 2 aliphatic heterocycles. The van der Waals surface area contributed by atoms with Crippen LogP contribution in [0.5, 0.6) is 0 Å². The first-order chi connectivity index (χ1) is 15.7. The number of fused-ring (bicyclic) bond motifs is 2. The molecule has 2 saturated heterocycles. The first-order valence-corrected chi connectivity index (χ1v) is 12.7. The summed E-state index contributed by atoms with van der Waals surface area (Å²) in [5, 5.41) is 21.8. The van der Waals surface area contributed by atoms with Gasteiger partial charge in [-0.05, 0) is 31.6 Å². The largest absolute Gasteiger partial charge is 0.367 e. The van der Waals surface area contributed by atoms with Crippen molar-refractivity contribution in [3.05, 3.63) is 0 Å². The molecule has 3 N–H and O–H groups in total. The van der Waals surface area contributed by atoms with Crippen LogP contribution in [-0.4, -0.2) is 78.6 Å². The van der Waals surface area contributed by atoms with E-state index in [2.05, 4.69) is 26.9 Å². The number of anilines is 1. The Morgan fingerprint density at radius 3 is 2.79 bits per heavy atom. The molecule has 0 radical (unpaired) electrons. The highest BCUT2D eigenvalue weighted by atomic mass is 32.2. The van der Waals surface area contributed by atoms with Crippen LogP contribution < -0.4 is 15.4 Å². The molecule has 1 saturated carbocycles. The summed E-state index contributed by atoms with van der Waals surface area (Å²) in [7, 11) is -4.25. The summed E-state index contributed by atoms with van der Waals surface area (Å²) in [4.78, 5) is 37.7. The van der Waals surface area contributed by atoms with Gasteiger partial charge in [0.15, 0.2) is 0 Å². The number of rotatable bonds is 7. The monoisotopic (exact) mass is 497 g/mol. The minimum Gasteiger partial charge on any atom is -0.367 e. The van der Waals surface area contributed by atoms with Crippen LogP contribution in [0.15, 0.2) is 4.34 Å². The van der Waals surface area contributed by atoms with Crippen molar-refractivity contribution in [3.8, 4) is 6.07 Å². The van der Waals surface area contributed by atoms with Gasteiger partial charge in [-0.1, -0.05) is 11.3 Å². The Bertz CT molecular complexity index is 1100. The van der Waals surface area contributed by atoms with Crippen molar-refractivity contribution in [1.29, 1.82) is 5.26 Å². The van der Waals surface area contributed by atoms with E-state index in [4.69, 9.17) is 4.74 Å². The van der Waals surface area contributed by atoms with Gasteiger partial charge in [0.1, 0.15) is 12.6 Å². The second-order valence-electron chi connectivity index (χ2n) is 8.23. The molecular formula is C18H23N7O6S2. The molecule has 33 heavy (non-hydrogen) atoms. The van der Waals surface area contributed by atoms with Gasteiger partial charge in [-0.25, -0.2) is 4.72 Å². The summed E-state index contributed by atoms with van der Waals surface area (Å²) in [5.74, 6) is -1.32. The van der Waals surface area contributed by atoms with Crippen LogP contribution in [0.1, 0.15) is 32.6 Å². The second-order valence-corrected chi connectivity index (χ2v) is 11.1. The first-order valence-electron chi connectivity index (χ1n) is 10.4. The standard InChI is InChI=1S/C18H23N7O6S2/c1-9(26)20-17-22-23-18(32-17)33(29,30)24-14(27)8-31-13-6-10-5-12(13)21-15(10)16(28)25-4-2-3-11(25)7-19/h10-13,15,21H,2-6,8H2,1H3,(H,24,27)(H,20,22,26)/t10-,11-,12+,13+,15-/m0/s1. The van der Waals surface area contributed by atoms with Gasteiger partial charge in [0.2, 0.25) is 16.9 Å². The number of nitrogens with one attached hydrogen (secondary N) is 3. The third-order valence-corrected chi connectivity index (χ3v) is 8.53. The van der Waals surface area contributed by atoms with Crippen molar-refractivity contribution in [2.24, 2.45) is 5.92 Å². The third-order valence-electron chi connectivity index (χ3n) is 5.95. The fourth-order valence-electron chi connectivity index (χ4n) is 4.58. The molecule has 1 aromatic heterocycles. The van der Waals surface area contributed by atoms with Gasteiger partial charge < -0.3 is 20.3 Å². The van der Waals surface area contributed by atoms with E-state index in [0.717, 1.165) is 6.42 Å². The Hall–Kier alpha value is -2.67. The minimum absolute atomic E-state index is 0.00116. The van der Waals surface area contributed by atoms with Crippen molar-refractivity contribution in [2.45, 2.75) is 61.2 Å². The SMILES string of the molecule is CC(=O)Nc1nnc(S(=O)(=O)NC(=O)CO[C@@H]2C[C@@H]3C[C@H]2N[C@@H]3C(=O)N2CCC[C@H]2C#N)s1. The lowest BCUT2D eigenvalue weighted by Gasteiger charge is -2.32. The summed E-state index contributed by atoms with van der Waals surface area (Å²) < 4.78 is 31.6. The smallest absolute Gasteiger partial charge is 0.293 e. The van der Waals surface area contributed by atoms with Gasteiger partial charge >= 0.3 is 0 Å². The molecule has 1 aliphatic carbocycles. The summed E-state index contributed by atoms with van der Waals surface area (Å²) in [5.41, 5.74) is 0. The summed E-state index contributed by atoms with van der Waals surface area (Å²) in [6.45, 7) is 1.35. The van der Waals surface area contributed by atoms with Gasteiger partial charge in [0, 0.05) is 19.5 Å². The van der Waals surface area contributed by atoms with Crippen molar-refractivity contribution >= 4 is 44.2 Å². The van der Waals surface area contributed by atoms with Crippen molar-refractivity contribution in [3.63, 3.8) is 0 Å². The van der Waals surface area contributed by atoms with Gasteiger partial charge in [0.25, 0.3) is 20.3 Å². The number of sulfonamides is 1. The van der Waals surface area contributed by atoms with Crippen LogP contribution in [0.2, 0.25) is 0 Å². The van der Waals surface area contributed by atoms with E-state index < -0.39 is 32.8 Å². The molecule has 1 aromatic rings. The summed E-state index contributed by atoms with van der Waals surface area (Å²) >= 11 is 0.615. The predicted molar refractivity (Wildman–Crippen MR) is 113 cm³/mol. The molecule has 3 aliphatic rings. The second kappa shape index (κ2) is 9.29. The number of nitriles is 1. The fourth-order valence-corrected chi connectivity index (χ4v) is 6.50. The maximum atomic E-state index is 12.8. The molecule has 3 amide bonds. The van der Waals surface area contributed by atoms with Crippen LogP contribution in [0.25, 0.3) is 0 Å². The first kappa shape index (κ1) is 23.5. The predicted octanol–water partition coefficient (Wildman–Crippen LogP) is -1.05. The molecule has 4 rings (SSSR count). The zero-order chi connectivity index (χ0) is 23.8. The van der Waals surface area contributed by atoms with Crippen molar-refractivity contribution < 1.29 is 27.5 Å². The molecule has 15 heteroatoms. The third kappa shape index (κ3) is 4.98. The summed E-state index contributed by atoms with van der Waals surface area (Å²) in [6, 6.07) is 1.31. The maximum absolute atomic E-state index is 12.8. The molecule has 0 spiro atoms. The van der Waals surface area contributed by atoms with E-state index in [1.807, 2.05) is 4.72 Å². The van der Waals surface area contributed by atoms with Gasteiger partial charge in [-0.15, -0.1) is 10.2 Å². The lowest BCUT2D eigenvalue weighted by atomic mass is 9.97. The molecule has 178 valence electrons. The molecule has 3 heterocycles. The average Bonchev–Trinajstić information content (AvgIpc) is 3.54. The van der Waals surface area contributed by atoms with E-state index in [1.54, 1.807) is 4.90 Å². The Labute approximate surface area is 193 Å². The molecule has 2 bridgehead atoms. The highest BCUT2D eigenvalue weighted by Gasteiger charge is 2.50. The van der Waals surface area contributed by atoms with Gasteiger partial charge in [-0.2, -0.15) is 13.7 Å². The number of nitrogens with zero attached hydrogens (tertiary/aromatic N) is 4. The molecular weight excluding hydrogens is 474 g/mol. The zero-order valence-electron chi connectivity index (χ0n) is 17.7.